The molecule has 0 aliphatic heterocycles. The van der Waals surface area contributed by atoms with Gasteiger partial charge in [0.05, 0.1) is 10.5 Å². The van der Waals surface area contributed by atoms with Crippen molar-refractivity contribution in [2.75, 3.05) is 0 Å². The van der Waals surface area contributed by atoms with Crippen molar-refractivity contribution in [3.05, 3.63) is 0 Å². The van der Waals surface area contributed by atoms with Gasteiger partial charge in [-0.1, -0.05) is 84.5 Å². The summed E-state index contributed by atoms with van der Waals surface area (Å²) in [5.41, 5.74) is 0. The molecule has 0 aliphatic rings. The Labute approximate surface area is 160 Å². The third kappa shape index (κ3) is 15.0. The molecule has 4 unspecified atom stereocenters. The molecule has 25 heavy (non-hydrogen) atoms. The van der Waals surface area contributed by atoms with Crippen molar-refractivity contribution in [2.24, 2.45) is 0 Å². The molecule has 0 saturated heterocycles. The number of hydrogen-bond donors (Lipinski definition) is 2. The number of unbranched alkanes of at least 4 members (excludes halogenated alkanes) is 8. The molecule has 0 aliphatic carbocycles. The van der Waals surface area contributed by atoms with Crippen LogP contribution in [-0.4, -0.2) is 28.0 Å². The third-order valence-corrected chi connectivity index (χ3v) is 6.97. The first-order chi connectivity index (χ1) is 12.0. The van der Waals surface area contributed by atoms with E-state index in [9.17, 15) is 17.5 Å². The standard InChI is InChI=1S/C19H40O4S2/c1-3-5-7-9-11-14-18(24(20)21)16-13-17-19(25(22)23)15-12-10-8-6-4-2/h18-19H,3-17H2,1-2H3,(H,20,21)(H,22,23). The largest absolute Gasteiger partial charge is 0.306 e. The van der Waals surface area contributed by atoms with E-state index >= 15 is 0 Å². The van der Waals surface area contributed by atoms with E-state index < -0.39 is 22.2 Å². The van der Waals surface area contributed by atoms with Crippen molar-refractivity contribution in [1.29, 1.82) is 0 Å². The summed E-state index contributed by atoms with van der Waals surface area (Å²) in [7, 11) is 0. The fourth-order valence-electron chi connectivity index (χ4n) is 3.22. The van der Waals surface area contributed by atoms with Crippen LogP contribution in [0.25, 0.3) is 0 Å². The maximum Gasteiger partial charge on any atom is 0.155 e. The lowest BCUT2D eigenvalue weighted by molar-refractivity contribution is 0.484. The summed E-state index contributed by atoms with van der Waals surface area (Å²) in [5.74, 6) is 0. The minimum Gasteiger partial charge on any atom is -0.306 e. The van der Waals surface area contributed by atoms with Crippen molar-refractivity contribution >= 4 is 22.2 Å². The Morgan fingerprint density at radius 2 is 0.880 bits per heavy atom. The SMILES string of the molecule is CCCCCCCC(CCCC(CCCCCCC)S(=O)O)S(=O)O. The average Bonchev–Trinajstić information content (AvgIpc) is 2.57. The molecule has 0 rings (SSSR count). The van der Waals surface area contributed by atoms with Crippen molar-refractivity contribution in [2.45, 2.75) is 121 Å². The summed E-state index contributed by atoms with van der Waals surface area (Å²) in [4.78, 5) is 0. The highest BCUT2D eigenvalue weighted by atomic mass is 32.2. The fraction of sp³-hybridized carbons (Fsp3) is 1.00. The molecule has 4 nitrogen and oxygen atoms in total. The second-order valence-corrected chi connectivity index (χ2v) is 9.57. The monoisotopic (exact) mass is 396 g/mol. The summed E-state index contributed by atoms with van der Waals surface area (Å²) >= 11 is -3.57. The van der Waals surface area contributed by atoms with E-state index in [0.29, 0.717) is 12.8 Å². The molecule has 0 aromatic heterocycles. The second kappa shape index (κ2) is 17.6. The molecule has 152 valence electrons. The molecular weight excluding hydrogens is 356 g/mol. The summed E-state index contributed by atoms with van der Waals surface area (Å²) < 4.78 is 42.0. The lowest BCUT2D eigenvalue weighted by Gasteiger charge is -2.16. The summed E-state index contributed by atoms with van der Waals surface area (Å²) in [6, 6.07) is 0. The van der Waals surface area contributed by atoms with E-state index in [4.69, 9.17) is 0 Å². The van der Waals surface area contributed by atoms with E-state index in [1.54, 1.807) is 0 Å². The Hall–Kier alpha value is 0.220. The molecule has 0 aromatic rings. The first-order valence-electron chi connectivity index (χ1n) is 10.2. The van der Waals surface area contributed by atoms with Gasteiger partial charge >= 0.3 is 0 Å². The highest BCUT2D eigenvalue weighted by Gasteiger charge is 2.18. The maximum atomic E-state index is 11.5. The first-order valence-corrected chi connectivity index (χ1v) is 12.6. The van der Waals surface area contributed by atoms with Gasteiger partial charge in [0, 0.05) is 0 Å². The van der Waals surface area contributed by atoms with Gasteiger partial charge in [0.1, 0.15) is 0 Å². The van der Waals surface area contributed by atoms with Gasteiger partial charge < -0.3 is 9.11 Å². The Balaban J connectivity index is 4.02. The van der Waals surface area contributed by atoms with E-state index in [1.807, 2.05) is 0 Å². The van der Waals surface area contributed by atoms with Crippen molar-refractivity contribution < 1.29 is 17.5 Å². The topological polar surface area (TPSA) is 74.6 Å². The highest BCUT2D eigenvalue weighted by Crippen LogP contribution is 2.20. The minimum atomic E-state index is -1.78. The van der Waals surface area contributed by atoms with Crippen LogP contribution in [0.3, 0.4) is 0 Å². The van der Waals surface area contributed by atoms with Crippen LogP contribution in [0, 0.1) is 0 Å². The molecule has 4 atom stereocenters. The number of rotatable bonds is 18. The van der Waals surface area contributed by atoms with Crippen LogP contribution in [0.5, 0.6) is 0 Å². The molecule has 0 spiro atoms. The molecule has 0 amide bonds. The summed E-state index contributed by atoms with van der Waals surface area (Å²) in [6.45, 7) is 4.35. The first kappa shape index (κ1) is 25.2. The zero-order chi connectivity index (χ0) is 18.9. The lowest BCUT2D eigenvalue weighted by Crippen LogP contribution is -2.18. The molecule has 0 aromatic carbocycles. The van der Waals surface area contributed by atoms with E-state index in [1.165, 1.54) is 38.5 Å². The molecule has 2 N–H and O–H groups in total. The molecule has 0 heterocycles. The van der Waals surface area contributed by atoms with Crippen LogP contribution in [0.2, 0.25) is 0 Å². The van der Waals surface area contributed by atoms with E-state index in [-0.39, 0.29) is 10.5 Å². The van der Waals surface area contributed by atoms with Crippen LogP contribution in [0.15, 0.2) is 0 Å². The van der Waals surface area contributed by atoms with Gasteiger partial charge in [-0.15, -0.1) is 0 Å². The molecule has 0 fully saturated rings. The zero-order valence-electron chi connectivity index (χ0n) is 16.3. The van der Waals surface area contributed by atoms with Crippen LogP contribution in [0.4, 0.5) is 0 Å². The van der Waals surface area contributed by atoms with E-state index in [0.717, 1.165) is 44.9 Å². The fourth-order valence-corrected chi connectivity index (χ4v) is 4.69. The Morgan fingerprint density at radius 1 is 0.560 bits per heavy atom. The van der Waals surface area contributed by atoms with Gasteiger partial charge in [-0.3, -0.25) is 0 Å². The van der Waals surface area contributed by atoms with Crippen LogP contribution in [-0.2, 0) is 22.2 Å². The summed E-state index contributed by atoms with van der Waals surface area (Å²) in [5, 5.41) is -0.363. The van der Waals surface area contributed by atoms with Gasteiger partial charge in [0.2, 0.25) is 0 Å². The van der Waals surface area contributed by atoms with Crippen molar-refractivity contribution in [3.8, 4) is 0 Å². The normalized spacial score (nSPS) is 16.5. The van der Waals surface area contributed by atoms with E-state index in [2.05, 4.69) is 13.8 Å². The van der Waals surface area contributed by atoms with Crippen LogP contribution >= 0.6 is 0 Å². The van der Waals surface area contributed by atoms with Gasteiger partial charge in [-0.25, -0.2) is 8.42 Å². The van der Waals surface area contributed by atoms with Crippen LogP contribution < -0.4 is 0 Å². The quantitative estimate of drug-likeness (QED) is 0.218. The molecule has 0 radical (unpaired) electrons. The predicted molar refractivity (Wildman–Crippen MR) is 110 cm³/mol. The van der Waals surface area contributed by atoms with Crippen LogP contribution in [0.1, 0.15) is 110 Å². The Bertz CT molecular complexity index is 318. The molecule has 6 heteroatoms. The average molecular weight is 397 g/mol. The van der Waals surface area contributed by atoms with Gasteiger partial charge in [0.15, 0.2) is 22.2 Å². The third-order valence-electron chi connectivity index (χ3n) is 4.88. The second-order valence-electron chi connectivity index (χ2n) is 7.13. The van der Waals surface area contributed by atoms with Gasteiger partial charge in [-0.2, -0.15) is 0 Å². The van der Waals surface area contributed by atoms with Gasteiger partial charge in [0.25, 0.3) is 0 Å². The summed E-state index contributed by atoms with van der Waals surface area (Å²) in [6.07, 6.45) is 15.2. The minimum absolute atomic E-state index is 0.182. The van der Waals surface area contributed by atoms with Crippen molar-refractivity contribution in [3.63, 3.8) is 0 Å². The lowest BCUT2D eigenvalue weighted by atomic mass is 10.0. The smallest absolute Gasteiger partial charge is 0.155 e. The number of hydrogen-bond acceptors (Lipinski definition) is 2. The zero-order valence-corrected chi connectivity index (χ0v) is 17.9. The molecule has 0 saturated carbocycles. The highest BCUT2D eigenvalue weighted by molar-refractivity contribution is 7.80. The molecule has 0 bridgehead atoms. The maximum absolute atomic E-state index is 11.5. The van der Waals surface area contributed by atoms with Crippen molar-refractivity contribution in [1.82, 2.24) is 0 Å². The molecular formula is C19H40O4S2. The van der Waals surface area contributed by atoms with Gasteiger partial charge in [-0.05, 0) is 25.7 Å². The Morgan fingerprint density at radius 3 is 1.20 bits per heavy atom. The predicted octanol–water partition coefficient (Wildman–Crippen LogP) is 6.06. The Kier molecular flexibility index (Phi) is 17.8.